The minimum absolute atomic E-state index is 0.282. The maximum atomic E-state index is 6.09. The summed E-state index contributed by atoms with van der Waals surface area (Å²) in [4.78, 5) is 0. The van der Waals surface area contributed by atoms with E-state index in [1.165, 1.54) is 36.8 Å². The average molecular weight is 289 g/mol. The smallest absolute Gasteiger partial charge is 0.122 e. The van der Waals surface area contributed by atoms with Crippen LogP contribution in [0, 0.1) is 0 Å². The van der Waals surface area contributed by atoms with E-state index in [0.29, 0.717) is 12.6 Å². The molecule has 2 unspecified atom stereocenters. The van der Waals surface area contributed by atoms with Crippen molar-refractivity contribution in [2.75, 3.05) is 19.8 Å². The standard InChI is InChI=1S/C18H27NO2/c1-2-11-19-17-10-9-16-15(17)7-5-8-18(16)21-13-14-6-3-4-12-20-14/h5,7-8,14,17,19H,2-4,6,9-13H2,1H3. The van der Waals surface area contributed by atoms with Gasteiger partial charge in [-0.05, 0) is 62.3 Å². The molecule has 0 spiro atoms. The van der Waals surface area contributed by atoms with Gasteiger partial charge in [0.15, 0.2) is 0 Å². The van der Waals surface area contributed by atoms with E-state index in [1.807, 2.05) is 0 Å². The lowest BCUT2D eigenvalue weighted by molar-refractivity contribution is -0.0112. The summed E-state index contributed by atoms with van der Waals surface area (Å²) < 4.78 is 11.8. The Kier molecular flexibility index (Phi) is 5.15. The van der Waals surface area contributed by atoms with Crippen LogP contribution in [0.4, 0.5) is 0 Å². The molecule has 2 aliphatic rings. The van der Waals surface area contributed by atoms with E-state index in [1.54, 1.807) is 0 Å². The monoisotopic (exact) mass is 289 g/mol. The van der Waals surface area contributed by atoms with Crippen LogP contribution in [0.2, 0.25) is 0 Å². The van der Waals surface area contributed by atoms with Crippen molar-refractivity contribution >= 4 is 0 Å². The highest BCUT2D eigenvalue weighted by atomic mass is 16.5. The maximum absolute atomic E-state index is 6.09. The van der Waals surface area contributed by atoms with Crippen LogP contribution in [0.1, 0.15) is 56.2 Å². The van der Waals surface area contributed by atoms with E-state index >= 15 is 0 Å². The van der Waals surface area contributed by atoms with Gasteiger partial charge in [0.25, 0.3) is 0 Å². The second-order valence-electron chi connectivity index (χ2n) is 6.17. The molecule has 1 N–H and O–H groups in total. The molecule has 1 aromatic carbocycles. The first-order valence-electron chi connectivity index (χ1n) is 8.48. The van der Waals surface area contributed by atoms with Crippen molar-refractivity contribution in [2.24, 2.45) is 0 Å². The number of hydrogen-bond donors (Lipinski definition) is 1. The van der Waals surface area contributed by atoms with Gasteiger partial charge in [0.2, 0.25) is 0 Å². The van der Waals surface area contributed by atoms with E-state index in [4.69, 9.17) is 9.47 Å². The Morgan fingerprint density at radius 3 is 3.05 bits per heavy atom. The molecule has 21 heavy (non-hydrogen) atoms. The van der Waals surface area contributed by atoms with Crippen molar-refractivity contribution in [3.63, 3.8) is 0 Å². The Labute approximate surface area is 128 Å². The van der Waals surface area contributed by atoms with Gasteiger partial charge in [-0.1, -0.05) is 19.1 Å². The van der Waals surface area contributed by atoms with Crippen molar-refractivity contribution in [2.45, 2.75) is 57.6 Å². The molecule has 3 heteroatoms. The van der Waals surface area contributed by atoms with Gasteiger partial charge in [0.05, 0.1) is 6.10 Å². The Balaban J connectivity index is 1.62. The molecule has 1 aromatic rings. The van der Waals surface area contributed by atoms with Crippen LogP contribution in [0.25, 0.3) is 0 Å². The summed E-state index contributed by atoms with van der Waals surface area (Å²) in [6.07, 6.45) is 7.38. The zero-order valence-corrected chi connectivity index (χ0v) is 13.1. The van der Waals surface area contributed by atoms with Crippen molar-refractivity contribution in [1.82, 2.24) is 5.32 Å². The van der Waals surface area contributed by atoms with Gasteiger partial charge in [0.1, 0.15) is 12.4 Å². The largest absolute Gasteiger partial charge is 0.491 e. The number of fused-ring (bicyclic) bond motifs is 1. The van der Waals surface area contributed by atoms with E-state index in [2.05, 4.69) is 30.4 Å². The van der Waals surface area contributed by atoms with Crippen LogP contribution in [0.5, 0.6) is 5.75 Å². The molecule has 1 heterocycles. The molecule has 2 atom stereocenters. The number of hydrogen-bond acceptors (Lipinski definition) is 3. The molecular formula is C18H27NO2. The lowest BCUT2D eigenvalue weighted by Crippen LogP contribution is -2.26. The molecule has 1 saturated heterocycles. The van der Waals surface area contributed by atoms with E-state index < -0.39 is 0 Å². The van der Waals surface area contributed by atoms with Gasteiger partial charge in [-0.3, -0.25) is 0 Å². The quantitative estimate of drug-likeness (QED) is 0.867. The minimum atomic E-state index is 0.282. The van der Waals surface area contributed by atoms with Crippen LogP contribution < -0.4 is 10.1 Å². The van der Waals surface area contributed by atoms with Gasteiger partial charge >= 0.3 is 0 Å². The summed E-state index contributed by atoms with van der Waals surface area (Å²) in [6.45, 7) is 4.89. The fourth-order valence-corrected chi connectivity index (χ4v) is 3.41. The first-order chi connectivity index (χ1) is 10.4. The number of ether oxygens (including phenoxy) is 2. The molecular weight excluding hydrogens is 262 g/mol. The Morgan fingerprint density at radius 1 is 1.29 bits per heavy atom. The summed E-state index contributed by atoms with van der Waals surface area (Å²) in [5.41, 5.74) is 2.84. The number of nitrogens with one attached hydrogen (secondary N) is 1. The van der Waals surface area contributed by atoms with Crippen LogP contribution in [-0.4, -0.2) is 25.9 Å². The molecule has 0 amide bonds. The molecule has 1 fully saturated rings. The summed E-state index contributed by atoms with van der Waals surface area (Å²) >= 11 is 0. The highest BCUT2D eigenvalue weighted by Gasteiger charge is 2.25. The molecule has 0 radical (unpaired) electrons. The third kappa shape index (κ3) is 3.58. The molecule has 0 aromatic heterocycles. The zero-order valence-electron chi connectivity index (χ0n) is 13.1. The van der Waals surface area contributed by atoms with Gasteiger partial charge < -0.3 is 14.8 Å². The lowest BCUT2D eigenvalue weighted by atomic mass is 10.1. The van der Waals surface area contributed by atoms with Crippen molar-refractivity contribution < 1.29 is 9.47 Å². The first kappa shape index (κ1) is 14.9. The van der Waals surface area contributed by atoms with E-state index in [0.717, 1.165) is 31.7 Å². The van der Waals surface area contributed by atoms with Gasteiger partial charge in [-0.25, -0.2) is 0 Å². The SMILES string of the molecule is CCCNC1CCc2c(OCC3CCCCO3)cccc21. The fraction of sp³-hybridized carbons (Fsp3) is 0.667. The molecule has 1 aliphatic heterocycles. The molecule has 3 rings (SSSR count). The highest BCUT2D eigenvalue weighted by Crippen LogP contribution is 2.37. The third-order valence-corrected chi connectivity index (χ3v) is 4.57. The molecule has 1 aliphatic carbocycles. The van der Waals surface area contributed by atoms with Crippen LogP contribution >= 0.6 is 0 Å². The van der Waals surface area contributed by atoms with Gasteiger partial charge in [-0.15, -0.1) is 0 Å². The van der Waals surface area contributed by atoms with Crippen molar-refractivity contribution in [1.29, 1.82) is 0 Å². The van der Waals surface area contributed by atoms with E-state index in [-0.39, 0.29) is 6.10 Å². The Hall–Kier alpha value is -1.06. The highest BCUT2D eigenvalue weighted by molar-refractivity contribution is 5.45. The second-order valence-corrected chi connectivity index (χ2v) is 6.17. The predicted octanol–water partition coefficient (Wildman–Crippen LogP) is 3.62. The van der Waals surface area contributed by atoms with Gasteiger partial charge in [-0.2, -0.15) is 0 Å². The molecule has 0 saturated carbocycles. The predicted molar refractivity (Wildman–Crippen MR) is 84.9 cm³/mol. The second kappa shape index (κ2) is 7.28. The number of benzene rings is 1. The summed E-state index contributed by atoms with van der Waals surface area (Å²) in [7, 11) is 0. The average Bonchev–Trinajstić information content (AvgIpc) is 2.95. The molecule has 116 valence electrons. The summed E-state index contributed by atoms with van der Waals surface area (Å²) in [5.74, 6) is 1.07. The maximum Gasteiger partial charge on any atom is 0.122 e. The van der Waals surface area contributed by atoms with Crippen molar-refractivity contribution in [3.05, 3.63) is 29.3 Å². The number of rotatable bonds is 6. The zero-order chi connectivity index (χ0) is 14.5. The van der Waals surface area contributed by atoms with Crippen LogP contribution in [0.15, 0.2) is 18.2 Å². The summed E-state index contributed by atoms with van der Waals surface area (Å²) in [6, 6.07) is 7.00. The Morgan fingerprint density at radius 2 is 2.24 bits per heavy atom. The minimum Gasteiger partial charge on any atom is -0.491 e. The van der Waals surface area contributed by atoms with E-state index in [9.17, 15) is 0 Å². The van der Waals surface area contributed by atoms with Gasteiger partial charge in [0, 0.05) is 12.6 Å². The first-order valence-corrected chi connectivity index (χ1v) is 8.48. The topological polar surface area (TPSA) is 30.5 Å². The molecule has 0 bridgehead atoms. The van der Waals surface area contributed by atoms with Crippen molar-refractivity contribution in [3.8, 4) is 5.75 Å². The fourth-order valence-electron chi connectivity index (χ4n) is 3.41. The normalized spacial score (nSPS) is 24.8. The lowest BCUT2D eigenvalue weighted by Gasteiger charge is -2.23. The van der Waals surface area contributed by atoms with Crippen LogP contribution in [0.3, 0.4) is 0 Å². The summed E-state index contributed by atoms with van der Waals surface area (Å²) in [5, 5.41) is 3.64. The Bertz CT molecular complexity index is 455. The van der Waals surface area contributed by atoms with Crippen LogP contribution in [-0.2, 0) is 11.2 Å². The molecule has 3 nitrogen and oxygen atoms in total. The third-order valence-electron chi connectivity index (χ3n) is 4.57.